The zero-order chi connectivity index (χ0) is 7.49. The molecule has 0 aromatic rings. The van der Waals surface area contributed by atoms with E-state index < -0.39 is 10.3 Å². The molecule has 0 aliphatic heterocycles. The molecule has 0 radical (unpaired) electrons. The van der Waals surface area contributed by atoms with Crippen molar-refractivity contribution in [1.82, 2.24) is 4.72 Å². The maximum Gasteiger partial charge on any atom is 1.00 e. The molecule has 0 heterocycles. The van der Waals surface area contributed by atoms with Crippen LogP contribution in [0.5, 0.6) is 0 Å². The van der Waals surface area contributed by atoms with Crippen molar-refractivity contribution in [2.45, 2.75) is 13.8 Å². The summed E-state index contributed by atoms with van der Waals surface area (Å²) in [6.07, 6.45) is 0. The van der Waals surface area contributed by atoms with Crippen LogP contribution < -0.4 is 23.6 Å². The second-order valence-corrected chi connectivity index (χ2v) is 3.39. The van der Waals surface area contributed by atoms with E-state index in [0.717, 1.165) is 0 Å². The third kappa shape index (κ3) is 11.3. The van der Waals surface area contributed by atoms with Gasteiger partial charge in [0.05, 0.1) is 0 Å². The van der Waals surface area contributed by atoms with E-state index in [9.17, 15) is 13.0 Å². The monoisotopic (exact) mass is 159 g/mol. The van der Waals surface area contributed by atoms with Crippen LogP contribution >= 0.6 is 0 Å². The first-order valence-electron chi connectivity index (χ1n) is 2.62. The molecule has 0 aliphatic carbocycles. The summed E-state index contributed by atoms with van der Waals surface area (Å²) < 4.78 is 31.4. The standard InChI is InChI=1S/C4H11NO3S.Li/c1-4(2)3-5-9(6,7)8;/h4-5H,3H2,1-2H3,(H,6,7,8);/q;+1/p-1. The molecule has 6 heteroatoms. The molecule has 0 atom stereocenters. The van der Waals surface area contributed by atoms with Crippen LogP contribution in [0.3, 0.4) is 0 Å². The summed E-state index contributed by atoms with van der Waals surface area (Å²) in [7, 11) is -4.22. The first-order chi connectivity index (χ1) is 3.92. The van der Waals surface area contributed by atoms with Crippen molar-refractivity contribution in [2.24, 2.45) is 5.92 Å². The Kier molecular flexibility index (Phi) is 6.75. The number of nitrogens with one attached hydrogen (secondary N) is 1. The SMILES string of the molecule is CC(C)CNS(=O)(=O)[O-].[Li+]. The summed E-state index contributed by atoms with van der Waals surface area (Å²) >= 11 is 0. The minimum Gasteiger partial charge on any atom is -0.735 e. The molecule has 0 fully saturated rings. The van der Waals surface area contributed by atoms with Gasteiger partial charge in [-0.25, -0.2) is 13.1 Å². The largest absolute Gasteiger partial charge is 1.00 e. The van der Waals surface area contributed by atoms with Crippen molar-refractivity contribution in [3.05, 3.63) is 0 Å². The van der Waals surface area contributed by atoms with E-state index in [1.54, 1.807) is 0 Å². The van der Waals surface area contributed by atoms with E-state index in [0.29, 0.717) is 0 Å². The van der Waals surface area contributed by atoms with Crippen molar-refractivity contribution in [3.8, 4) is 0 Å². The summed E-state index contributed by atoms with van der Waals surface area (Å²) in [5.41, 5.74) is 0. The molecule has 0 saturated heterocycles. The normalized spacial score (nSPS) is 11.2. The molecular formula is C4H10LiNO3S. The molecule has 10 heavy (non-hydrogen) atoms. The van der Waals surface area contributed by atoms with Crippen molar-refractivity contribution in [3.63, 3.8) is 0 Å². The van der Waals surface area contributed by atoms with E-state index in [4.69, 9.17) is 0 Å². The van der Waals surface area contributed by atoms with E-state index in [2.05, 4.69) is 0 Å². The molecule has 0 unspecified atom stereocenters. The molecule has 0 aromatic heterocycles. The average molecular weight is 159 g/mol. The van der Waals surface area contributed by atoms with Crippen LogP contribution in [0.1, 0.15) is 13.8 Å². The second-order valence-electron chi connectivity index (χ2n) is 2.20. The van der Waals surface area contributed by atoms with Gasteiger partial charge in [0.1, 0.15) is 0 Å². The molecule has 4 nitrogen and oxygen atoms in total. The van der Waals surface area contributed by atoms with Gasteiger partial charge in [-0.2, -0.15) is 0 Å². The Morgan fingerprint density at radius 2 is 1.90 bits per heavy atom. The molecule has 0 aromatic carbocycles. The predicted molar refractivity (Wildman–Crippen MR) is 32.5 cm³/mol. The minimum absolute atomic E-state index is 0. The van der Waals surface area contributed by atoms with Crippen LogP contribution in [0.15, 0.2) is 0 Å². The van der Waals surface area contributed by atoms with Crippen molar-refractivity contribution in [2.75, 3.05) is 6.54 Å². The zero-order valence-corrected chi connectivity index (χ0v) is 7.23. The Morgan fingerprint density at radius 1 is 1.50 bits per heavy atom. The van der Waals surface area contributed by atoms with Gasteiger partial charge < -0.3 is 4.55 Å². The van der Waals surface area contributed by atoms with E-state index in [1.807, 2.05) is 18.6 Å². The van der Waals surface area contributed by atoms with Gasteiger partial charge in [-0.15, -0.1) is 0 Å². The smallest absolute Gasteiger partial charge is 0.735 e. The first-order valence-corrected chi connectivity index (χ1v) is 4.03. The fraction of sp³-hybridized carbons (Fsp3) is 1.00. The molecule has 1 N–H and O–H groups in total. The average Bonchev–Trinajstić information content (AvgIpc) is 1.59. The van der Waals surface area contributed by atoms with Gasteiger partial charge in [-0.05, 0) is 5.92 Å². The van der Waals surface area contributed by atoms with Gasteiger partial charge in [0, 0.05) is 6.54 Å². The number of hydrogen-bond donors (Lipinski definition) is 1. The fourth-order valence-corrected chi connectivity index (χ4v) is 0.806. The summed E-state index contributed by atoms with van der Waals surface area (Å²) in [5.74, 6) is 0.175. The molecule has 0 saturated carbocycles. The van der Waals surface area contributed by atoms with E-state index in [1.165, 1.54) is 0 Å². The number of rotatable bonds is 3. The van der Waals surface area contributed by atoms with Crippen LogP contribution in [0.25, 0.3) is 0 Å². The van der Waals surface area contributed by atoms with Crippen LogP contribution in [0.4, 0.5) is 0 Å². The third-order valence-corrected chi connectivity index (χ3v) is 1.19. The molecule has 0 aliphatic rings. The van der Waals surface area contributed by atoms with Crippen LogP contribution in [0, 0.1) is 5.92 Å². The Hall–Kier alpha value is 0.467. The molecule has 0 bridgehead atoms. The predicted octanol–water partition coefficient (Wildman–Crippen LogP) is -3.30. The molecule has 0 rings (SSSR count). The quantitative estimate of drug-likeness (QED) is 0.346. The maximum absolute atomic E-state index is 9.87. The number of hydrogen-bond acceptors (Lipinski definition) is 3. The summed E-state index contributed by atoms with van der Waals surface area (Å²) in [4.78, 5) is 0. The summed E-state index contributed by atoms with van der Waals surface area (Å²) in [6.45, 7) is 3.85. The topological polar surface area (TPSA) is 69.2 Å². The van der Waals surface area contributed by atoms with Gasteiger partial charge in [0.15, 0.2) is 10.3 Å². The van der Waals surface area contributed by atoms with Crippen molar-refractivity contribution in [1.29, 1.82) is 0 Å². The van der Waals surface area contributed by atoms with Gasteiger partial charge in [0.2, 0.25) is 0 Å². The first kappa shape index (κ1) is 13.1. The molecule has 0 spiro atoms. The molecular weight excluding hydrogens is 149 g/mol. The fourth-order valence-electron chi connectivity index (χ4n) is 0.269. The van der Waals surface area contributed by atoms with Gasteiger partial charge in [-0.3, -0.25) is 0 Å². The Morgan fingerprint density at radius 3 is 2.00 bits per heavy atom. The van der Waals surface area contributed by atoms with E-state index in [-0.39, 0.29) is 31.3 Å². The molecule has 0 amide bonds. The van der Waals surface area contributed by atoms with Gasteiger partial charge in [-0.1, -0.05) is 13.8 Å². The third-order valence-electron chi connectivity index (χ3n) is 0.668. The van der Waals surface area contributed by atoms with Crippen LogP contribution in [-0.2, 0) is 10.3 Å². The van der Waals surface area contributed by atoms with Gasteiger partial charge >= 0.3 is 18.9 Å². The Labute approximate surface area is 73.4 Å². The Bertz CT molecular complexity index is 165. The van der Waals surface area contributed by atoms with Crippen molar-refractivity contribution < 1.29 is 31.8 Å². The molecule has 56 valence electrons. The van der Waals surface area contributed by atoms with Gasteiger partial charge in [0.25, 0.3) is 0 Å². The van der Waals surface area contributed by atoms with Crippen LogP contribution in [0.2, 0.25) is 0 Å². The maximum atomic E-state index is 9.87. The van der Waals surface area contributed by atoms with E-state index >= 15 is 0 Å². The summed E-state index contributed by atoms with van der Waals surface area (Å²) in [6, 6.07) is 0. The van der Waals surface area contributed by atoms with Crippen LogP contribution in [-0.4, -0.2) is 19.5 Å². The van der Waals surface area contributed by atoms with Crippen molar-refractivity contribution >= 4 is 10.3 Å². The minimum atomic E-state index is -4.22. The second kappa shape index (κ2) is 5.16. The summed E-state index contributed by atoms with van der Waals surface area (Å²) in [5, 5.41) is 0. The zero-order valence-electron chi connectivity index (χ0n) is 6.42. The Balaban J connectivity index is 0.